The lowest BCUT2D eigenvalue weighted by molar-refractivity contribution is 0.308. The number of fused-ring (bicyclic) bond motifs is 1. The van der Waals surface area contributed by atoms with Crippen molar-refractivity contribution in [2.45, 2.75) is 19.8 Å². The molecule has 8 heteroatoms. The van der Waals surface area contributed by atoms with Gasteiger partial charge in [0.15, 0.2) is 0 Å². The lowest BCUT2D eigenvalue weighted by Gasteiger charge is -2.28. The first-order valence-electron chi connectivity index (χ1n) is 12.2. The van der Waals surface area contributed by atoms with Gasteiger partial charge in [-0.25, -0.2) is 22.7 Å². The lowest BCUT2D eigenvalue weighted by Crippen LogP contribution is -2.38. The molecular formula is C29H28N4O3S. The molecule has 2 heterocycles. The minimum atomic E-state index is -3.19. The van der Waals surface area contributed by atoms with Crippen LogP contribution in [0.1, 0.15) is 24.0 Å². The Bertz CT molecular complexity index is 1590. The molecular weight excluding hydrogens is 484 g/mol. The third kappa shape index (κ3) is 6.08. The van der Waals surface area contributed by atoms with Gasteiger partial charge in [-0.3, -0.25) is 0 Å². The number of aromatic nitrogens is 2. The van der Waals surface area contributed by atoms with E-state index in [0.717, 1.165) is 52.1 Å². The minimum absolute atomic E-state index is 0.0170. The zero-order chi connectivity index (χ0) is 25.8. The van der Waals surface area contributed by atoms with Crippen molar-refractivity contribution in [3.63, 3.8) is 0 Å². The first-order valence-corrected chi connectivity index (χ1v) is 14.0. The van der Waals surface area contributed by atoms with Crippen LogP contribution >= 0.6 is 0 Å². The summed E-state index contributed by atoms with van der Waals surface area (Å²) in [7, 11) is -3.19. The summed E-state index contributed by atoms with van der Waals surface area (Å²) in [5, 5.41) is 4.26. The van der Waals surface area contributed by atoms with Gasteiger partial charge in [-0.2, -0.15) is 0 Å². The molecule has 3 aromatic carbocycles. The summed E-state index contributed by atoms with van der Waals surface area (Å²) in [5.74, 6) is 8.80. The maximum Gasteiger partial charge on any atom is 0.211 e. The molecule has 0 spiro atoms. The van der Waals surface area contributed by atoms with E-state index < -0.39 is 10.0 Å². The molecule has 1 fully saturated rings. The van der Waals surface area contributed by atoms with E-state index in [4.69, 9.17) is 4.74 Å². The second-order valence-electron chi connectivity index (χ2n) is 9.20. The summed E-state index contributed by atoms with van der Waals surface area (Å²) in [6, 6.07) is 21.4. The van der Waals surface area contributed by atoms with Gasteiger partial charge in [0.05, 0.1) is 11.8 Å². The fourth-order valence-corrected chi connectivity index (χ4v) is 5.29. The number of hydrogen-bond acceptors (Lipinski definition) is 6. The Morgan fingerprint density at radius 2 is 1.89 bits per heavy atom. The largest absolute Gasteiger partial charge is 0.457 e. The molecule has 37 heavy (non-hydrogen) atoms. The van der Waals surface area contributed by atoms with Gasteiger partial charge in [-0.1, -0.05) is 30.0 Å². The molecule has 4 aromatic rings. The van der Waals surface area contributed by atoms with Gasteiger partial charge in [0.25, 0.3) is 0 Å². The number of benzene rings is 3. The normalized spacial score (nSPS) is 16.1. The van der Waals surface area contributed by atoms with Crippen LogP contribution in [0, 0.1) is 24.7 Å². The van der Waals surface area contributed by atoms with E-state index in [1.807, 2.05) is 73.7 Å². The van der Waals surface area contributed by atoms with Crippen molar-refractivity contribution in [3.8, 4) is 23.3 Å². The van der Waals surface area contributed by atoms with Crippen molar-refractivity contribution in [1.82, 2.24) is 14.3 Å². The number of hydrogen-bond donors (Lipinski definition) is 1. The second kappa shape index (κ2) is 10.6. The smallest absolute Gasteiger partial charge is 0.211 e. The van der Waals surface area contributed by atoms with Gasteiger partial charge < -0.3 is 10.1 Å². The van der Waals surface area contributed by atoms with Crippen molar-refractivity contribution in [1.29, 1.82) is 0 Å². The molecule has 0 bridgehead atoms. The molecule has 7 nitrogen and oxygen atoms in total. The highest BCUT2D eigenvalue weighted by Crippen LogP contribution is 2.30. The van der Waals surface area contributed by atoms with E-state index >= 15 is 0 Å². The Labute approximate surface area is 217 Å². The van der Waals surface area contributed by atoms with E-state index in [1.165, 1.54) is 16.9 Å². The Balaban J connectivity index is 1.36. The van der Waals surface area contributed by atoms with E-state index in [1.54, 1.807) is 0 Å². The van der Waals surface area contributed by atoms with Crippen molar-refractivity contribution in [3.05, 3.63) is 84.2 Å². The van der Waals surface area contributed by atoms with Crippen molar-refractivity contribution >= 4 is 32.4 Å². The van der Waals surface area contributed by atoms with E-state index in [-0.39, 0.29) is 5.92 Å². The maximum absolute atomic E-state index is 11.9. The number of nitrogens with one attached hydrogen (secondary N) is 1. The summed E-state index contributed by atoms with van der Waals surface area (Å²) in [6.45, 7) is 3.02. The molecule has 1 N–H and O–H groups in total. The van der Waals surface area contributed by atoms with Crippen LogP contribution in [0.15, 0.2) is 73.1 Å². The van der Waals surface area contributed by atoms with Crippen LogP contribution in [0.3, 0.4) is 0 Å². The van der Waals surface area contributed by atoms with Crippen molar-refractivity contribution in [2.24, 2.45) is 5.92 Å². The number of sulfonamides is 1. The monoisotopic (exact) mass is 512 g/mol. The SMILES string of the molecule is Cc1cc(Nc2ncnc3ccc(C#CC4CCCN(S(C)(=O)=O)C4)cc23)ccc1Oc1ccccc1. The van der Waals surface area contributed by atoms with Gasteiger partial charge in [0.2, 0.25) is 10.0 Å². The van der Waals surface area contributed by atoms with E-state index in [0.29, 0.717) is 18.9 Å². The summed E-state index contributed by atoms with van der Waals surface area (Å²) < 4.78 is 31.3. The number of nitrogens with zero attached hydrogens (tertiary/aromatic N) is 3. The number of para-hydroxylation sites is 1. The first-order chi connectivity index (χ1) is 17.8. The molecule has 1 saturated heterocycles. The molecule has 5 rings (SSSR count). The Morgan fingerprint density at radius 1 is 1.05 bits per heavy atom. The number of rotatable bonds is 5. The van der Waals surface area contributed by atoms with Crippen LogP contribution in [0.25, 0.3) is 10.9 Å². The third-order valence-electron chi connectivity index (χ3n) is 6.32. The molecule has 0 aliphatic carbocycles. The van der Waals surface area contributed by atoms with Crippen LogP contribution in [0.5, 0.6) is 11.5 Å². The van der Waals surface area contributed by atoms with Crippen molar-refractivity contribution in [2.75, 3.05) is 24.7 Å². The Kier molecular flexibility index (Phi) is 7.08. The highest BCUT2D eigenvalue weighted by Gasteiger charge is 2.24. The molecule has 0 amide bonds. The van der Waals surface area contributed by atoms with E-state index in [9.17, 15) is 8.42 Å². The van der Waals surface area contributed by atoms with Gasteiger partial charge in [0.1, 0.15) is 23.6 Å². The number of aryl methyl sites for hydroxylation is 1. The number of piperidine rings is 1. The molecule has 1 aliphatic heterocycles. The molecule has 188 valence electrons. The van der Waals surface area contributed by atoms with E-state index in [2.05, 4.69) is 27.1 Å². The second-order valence-corrected chi connectivity index (χ2v) is 11.2. The molecule has 1 aromatic heterocycles. The fourth-order valence-electron chi connectivity index (χ4n) is 4.37. The predicted octanol–water partition coefficient (Wildman–Crippen LogP) is 5.50. The zero-order valence-electron chi connectivity index (χ0n) is 20.8. The topological polar surface area (TPSA) is 84.4 Å². The van der Waals surface area contributed by atoms with Gasteiger partial charge >= 0.3 is 0 Å². The third-order valence-corrected chi connectivity index (χ3v) is 7.59. The Hall–Kier alpha value is -3.93. The van der Waals surface area contributed by atoms with Gasteiger partial charge in [-0.05, 0) is 73.9 Å². The molecule has 1 unspecified atom stereocenters. The van der Waals surface area contributed by atoms with Crippen LogP contribution in [-0.2, 0) is 10.0 Å². The van der Waals surface area contributed by atoms with Crippen LogP contribution in [0.2, 0.25) is 0 Å². The van der Waals surface area contributed by atoms with Gasteiger partial charge in [0, 0.05) is 35.6 Å². The Morgan fingerprint density at radius 3 is 2.68 bits per heavy atom. The molecule has 0 radical (unpaired) electrons. The van der Waals surface area contributed by atoms with Crippen LogP contribution < -0.4 is 10.1 Å². The minimum Gasteiger partial charge on any atom is -0.457 e. The maximum atomic E-state index is 11.9. The average molecular weight is 513 g/mol. The van der Waals surface area contributed by atoms with Gasteiger partial charge in [-0.15, -0.1) is 0 Å². The zero-order valence-corrected chi connectivity index (χ0v) is 21.6. The van der Waals surface area contributed by atoms with Crippen molar-refractivity contribution < 1.29 is 13.2 Å². The number of ether oxygens (including phenoxy) is 1. The lowest BCUT2D eigenvalue weighted by atomic mass is 10.00. The standard InChI is InChI=1S/C29H28N4O3S/c1-21-17-24(13-15-28(21)36-25-8-4-3-5-9-25)32-29-26-18-22(12-14-27(26)30-20-31-29)10-11-23-7-6-16-33(19-23)37(2,34)35/h3-5,8-9,12-15,17-18,20,23H,6-7,16,19H2,1-2H3,(H,30,31,32). The summed E-state index contributed by atoms with van der Waals surface area (Å²) >= 11 is 0. The summed E-state index contributed by atoms with van der Waals surface area (Å²) in [6.07, 6.45) is 4.51. The quantitative estimate of drug-likeness (QED) is 0.356. The highest BCUT2D eigenvalue weighted by molar-refractivity contribution is 7.88. The average Bonchev–Trinajstić information content (AvgIpc) is 2.89. The highest BCUT2D eigenvalue weighted by atomic mass is 32.2. The molecule has 1 atom stereocenters. The van der Waals surface area contributed by atoms with Crippen LogP contribution in [-0.4, -0.2) is 42.0 Å². The molecule has 0 saturated carbocycles. The van der Waals surface area contributed by atoms with Crippen LogP contribution in [0.4, 0.5) is 11.5 Å². The summed E-state index contributed by atoms with van der Waals surface area (Å²) in [4.78, 5) is 8.87. The first kappa shape index (κ1) is 24.8. The predicted molar refractivity (Wildman–Crippen MR) is 147 cm³/mol. The summed E-state index contributed by atoms with van der Waals surface area (Å²) in [5.41, 5.74) is 3.53. The fraction of sp³-hybridized carbons (Fsp3) is 0.241. The molecule has 1 aliphatic rings. The number of anilines is 2.